The molecular weight excluding hydrogens is 498 g/mol. The maximum absolute atomic E-state index is 13.2. The van der Waals surface area contributed by atoms with E-state index in [0.717, 1.165) is 43.4 Å². The van der Waals surface area contributed by atoms with Crippen LogP contribution in [0.15, 0.2) is 60.8 Å². The van der Waals surface area contributed by atoms with Crippen molar-refractivity contribution in [2.45, 2.75) is 37.9 Å². The number of carbonyl (C=O) groups is 1. The third-order valence-corrected chi connectivity index (χ3v) is 6.68. The molecule has 1 N–H and O–H groups in total. The highest BCUT2D eigenvalue weighted by Gasteiger charge is 2.30. The molecular formula is C26H20Cl2F3N3O. The first-order valence-electron chi connectivity index (χ1n) is 11.2. The molecule has 1 fully saturated rings. The molecule has 0 spiro atoms. The number of hydrogen-bond acceptors (Lipinski definition) is 2. The molecule has 0 aliphatic heterocycles. The summed E-state index contributed by atoms with van der Waals surface area (Å²) in [5.41, 5.74) is 2.14. The summed E-state index contributed by atoms with van der Waals surface area (Å²) < 4.78 is 41.1. The molecule has 1 saturated carbocycles. The van der Waals surface area contributed by atoms with Gasteiger partial charge >= 0.3 is 6.18 Å². The van der Waals surface area contributed by atoms with E-state index in [9.17, 15) is 18.0 Å². The number of nitrogens with zero attached hydrogens (tertiary/aromatic N) is 2. The molecule has 2 heterocycles. The van der Waals surface area contributed by atoms with Crippen LogP contribution in [0.2, 0.25) is 10.0 Å². The number of amides is 1. The minimum atomic E-state index is -4.45. The number of pyridine rings is 1. The van der Waals surface area contributed by atoms with Crippen LogP contribution in [0.4, 0.5) is 13.2 Å². The highest BCUT2D eigenvalue weighted by atomic mass is 35.5. The summed E-state index contributed by atoms with van der Waals surface area (Å²) in [6, 6.07) is 13.5. The first-order chi connectivity index (χ1) is 16.7. The number of imidazole rings is 1. The monoisotopic (exact) mass is 517 g/mol. The number of aromatic nitrogens is 2. The third-order valence-electron chi connectivity index (χ3n) is 6.22. The topological polar surface area (TPSA) is 46.4 Å². The summed E-state index contributed by atoms with van der Waals surface area (Å²) in [5.74, 6) is -0.281. The Morgan fingerprint density at radius 1 is 0.943 bits per heavy atom. The highest BCUT2D eigenvalue weighted by molar-refractivity contribution is 6.31. The summed E-state index contributed by atoms with van der Waals surface area (Å²) in [6.45, 7) is 0. The number of alkyl halides is 3. The molecule has 1 aliphatic rings. The van der Waals surface area contributed by atoms with Crippen molar-refractivity contribution < 1.29 is 18.0 Å². The number of halogens is 5. The van der Waals surface area contributed by atoms with Gasteiger partial charge in [-0.1, -0.05) is 60.3 Å². The van der Waals surface area contributed by atoms with Gasteiger partial charge in [-0.3, -0.25) is 9.20 Å². The lowest BCUT2D eigenvalue weighted by molar-refractivity contribution is -0.137. The van der Waals surface area contributed by atoms with E-state index in [2.05, 4.69) is 5.32 Å². The number of benzene rings is 2. The van der Waals surface area contributed by atoms with E-state index in [1.165, 1.54) is 12.1 Å². The van der Waals surface area contributed by atoms with Crippen LogP contribution < -0.4 is 5.32 Å². The zero-order valence-electron chi connectivity index (χ0n) is 18.4. The van der Waals surface area contributed by atoms with Gasteiger partial charge in [0.15, 0.2) is 5.65 Å². The molecule has 0 radical (unpaired) electrons. The van der Waals surface area contributed by atoms with Gasteiger partial charge in [0.1, 0.15) is 0 Å². The fourth-order valence-corrected chi connectivity index (χ4v) is 4.85. The van der Waals surface area contributed by atoms with Gasteiger partial charge in [0, 0.05) is 28.4 Å². The minimum Gasteiger partial charge on any atom is -0.349 e. The van der Waals surface area contributed by atoms with Crippen molar-refractivity contribution in [3.63, 3.8) is 0 Å². The zero-order chi connectivity index (χ0) is 24.7. The molecule has 2 aromatic heterocycles. The summed E-state index contributed by atoms with van der Waals surface area (Å²) in [7, 11) is 0. The molecule has 9 heteroatoms. The molecule has 1 amide bonds. The number of hydrogen-bond donors (Lipinski definition) is 1. The van der Waals surface area contributed by atoms with Crippen LogP contribution in [0, 0.1) is 0 Å². The molecule has 35 heavy (non-hydrogen) atoms. The second-order valence-electron chi connectivity index (χ2n) is 8.61. The van der Waals surface area contributed by atoms with Crippen LogP contribution in [-0.4, -0.2) is 21.3 Å². The van der Waals surface area contributed by atoms with Crippen LogP contribution in [-0.2, 0) is 6.18 Å². The largest absolute Gasteiger partial charge is 0.416 e. The number of carbonyl (C=O) groups excluding carboxylic acids is 1. The van der Waals surface area contributed by atoms with Crippen molar-refractivity contribution in [1.82, 2.24) is 14.7 Å². The van der Waals surface area contributed by atoms with Gasteiger partial charge in [-0.2, -0.15) is 13.2 Å². The van der Waals surface area contributed by atoms with Gasteiger partial charge in [0.05, 0.1) is 27.5 Å². The normalized spacial score (nSPS) is 14.5. The molecule has 1 aliphatic carbocycles. The number of fused-ring (bicyclic) bond motifs is 1. The molecule has 0 saturated heterocycles. The maximum atomic E-state index is 13.2. The van der Waals surface area contributed by atoms with Gasteiger partial charge in [0.2, 0.25) is 0 Å². The van der Waals surface area contributed by atoms with E-state index < -0.39 is 11.7 Å². The fourth-order valence-electron chi connectivity index (χ4n) is 4.51. The first-order valence-corrected chi connectivity index (χ1v) is 11.9. The lowest BCUT2D eigenvalue weighted by Gasteiger charge is -2.13. The maximum Gasteiger partial charge on any atom is 0.416 e. The minimum absolute atomic E-state index is 0.0987. The molecule has 0 unspecified atom stereocenters. The van der Waals surface area contributed by atoms with E-state index in [1.54, 1.807) is 40.9 Å². The third kappa shape index (κ3) is 4.75. The molecule has 180 valence electrons. The van der Waals surface area contributed by atoms with Crippen molar-refractivity contribution in [2.75, 3.05) is 0 Å². The van der Waals surface area contributed by atoms with E-state index in [0.29, 0.717) is 38.2 Å². The summed E-state index contributed by atoms with van der Waals surface area (Å²) in [6.07, 6.45) is 1.17. The van der Waals surface area contributed by atoms with Crippen LogP contribution in [0.3, 0.4) is 0 Å². The van der Waals surface area contributed by atoms with Gasteiger partial charge < -0.3 is 5.32 Å². The van der Waals surface area contributed by atoms with Crippen LogP contribution in [0.5, 0.6) is 0 Å². The molecule has 4 aromatic rings. The Morgan fingerprint density at radius 3 is 2.20 bits per heavy atom. The first kappa shape index (κ1) is 23.7. The lowest BCUT2D eigenvalue weighted by atomic mass is 10.0. The average molecular weight is 518 g/mol. The Kier molecular flexibility index (Phi) is 6.23. The Hall–Kier alpha value is -3.03. The predicted octanol–water partition coefficient (Wildman–Crippen LogP) is 7.67. The molecule has 5 rings (SSSR count). The van der Waals surface area contributed by atoms with Crippen LogP contribution in [0.25, 0.3) is 28.2 Å². The van der Waals surface area contributed by atoms with Crippen molar-refractivity contribution in [1.29, 1.82) is 0 Å². The fraction of sp³-hybridized carbons (Fsp3) is 0.231. The smallest absolute Gasteiger partial charge is 0.349 e. The van der Waals surface area contributed by atoms with E-state index in [-0.39, 0.29) is 11.9 Å². The average Bonchev–Trinajstić information content (AvgIpc) is 3.46. The highest BCUT2D eigenvalue weighted by Crippen LogP contribution is 2.37. The molecule has 4 nitrogen and oxygen atoms in total. The van der Waals surface area contributed by atoms with Gasteiger partial charge in [-0.25, -0.2) is 4.98 Å². The SMILES string of the molecule is O=C(NC1CCCC1)c1cc(Cl)cn2c(-c3ccc(Cl)cc3)c(-c3ccc(C(F)(F)F)cc3)nc12. The Labute approximate surface area is 209 Å². The zero-order valence-corrected chi connectivity index (χ0v) is 19.9. The summed E-state index contributed by atoms with van der Waals surface area (Å²) in [4.78, 5) is 17.9. The quantitative estimate of drug-likeness (QED) is 0.302. The Balaban J connectivity index is 1.70. The van der Waals surface area contributed by atoms with Crippen LogP contribution >= 0.6 is 23.2 Å². The van der Waals surface area contributed by atoms with Crippen molar-refractivity contribution in [3.8, 4) is 22.5 Å². The molecule has 2 aromatic carbocycles. The van der Waals surface area contributed by atoms with Crippen molar-refractivity contribution in [3.05, 3.63) is 82.0 Å². The molecule has 0 bridgehead atoms. The van der Waals surface area contributed by atoms with Gasteiger partial charge in [-0.05, 0) is 43.2 Å². The predicted molar refractivity (Wildman–Crippen MR) is 131 cm³/mol. The molecule has 0 atom stereocenters. The number of rotatable bonds is 4. The van der Waals surface area contributed by atoms with Crippen molar-refractivity contribution in [2.24, 2.45) is 0 Å². The Bertz CT molecular complexity index is 1390. The second-order valence-corrected chi connectivity index (χ2v) is 9.48. The number of nitrogens with one attached hydrogen (secondary N) is 1. The Morgan fingerprint density at radius 2 is 1.57 bits per heavy atom. The van der Waals surface area contributed by atoms with E-state index in [1.807, 2.05) is 0 Å². The summed E-state index contributed by atoms with van der Waals surface area (Å²) >= 11 is 12.5. The van der Waals surface area contributed by atoms with Crippen LogP contribution in [0.1, 0.15) is 41.6 Å². The van der Waals surface area contributed by atoms with E-state index >= 15 is 0 Å². The van der Waals surface area contributed by atoms with Gasteiger partial charge in [0.25, 0.3) is 5.91 Å². The summed E-state index contributed by atoms with van der Waals surface area (Å²) in [5, 5.41) is 3.93. The standard InChI is InChI=1S/C26H20Cl2F3N3O/c27-18-11-7-16(8-12-18)23-22(15-5-9-17(10-6-15)26(29,30)31)33-24-21(13-19(28)14-34(23)24)25(35)32-20-3-1-2-4-20/h5-14,20H,1-4H2,(H,32,35). The lowest BCUT2D eigenvalue weighted by Crippen LogP contribution is -2.32. The second kappa shape index (κ2) is 9.21. The van der Waals surface area contributed by atoms with Gasteiger partial charge in [-0.15, -0.1) is 0 Å². The van der Waals surface area contributed by atoms with Crippen molar-refractivity contribution >= 4 is 34.8 Å². The van der Waals surface area contributed by atoms with E-state index in [4.69, 9.17) is 28.2 Å².